The quantitative estimate of drug-likeness (QED) is 0.463. The second-order valence-corrected chi connectivity index (χ2v) is 7.42. The molecule has 30 heavy (non-hydrogen) atoms. The zero-order chi connectivity index (χ0) is 21.1. The summed E-state index contributed by atoms with van der Waals surface area (Å²) in [6.07, 6.45) is 3.28. The molecule has 0 unspecified atom stereocenters. The summed E-state index contributed by atoms with van der Waals surface area (Å²) in [5.74, 6) is -0.939. The number of nitrogens with one attached hydrogen (secondary N) is 1. The van der Waals surface area contributed by atoms with Gasteiger partial charge in [0.15, 0.2) is 5.58 Å². The van der Waals surface area contributed by atoms with Crippen LogP contribution in [0.5, 0.6) is 6.01 Å². The summed E-state index contributed by atoms with van der Waals surface area (Å²) in [5.41, 5.74) is 3.08. The fourth-order valence-corrected chi connectivity index (χ4v) is 2.64. The first kappa shape index (κ1) is 19.4. The molecule has 0 atom stereocenters. The number of carboxylic acids is 1. The first-order valence-corrected chi connectivity index (χ1v) is 9.32. The third kappa shape index (κ3) is 4.22. The molecule has 0 saturated carbocycles. The molecule has 0 radical (unpaired) electrons. The predicted molar refractivity (Wildman–Crippen MR) is 112 cm³/mol. The summed E-state index contributed by atoms with van der Waals surface area (Å²) in [6, 6.07) is 15.8. The lowest BCUT2D eigenvalue weighted by atomic mass is 9.95. The highest BCUT2D eigenvalue weighted by molar-refractivity contribution is 5.75. The third-order valence-electron chi connectivity index (χ3n) is 4.53. The normalized spacial score (nSPS) is 11.4. The number of aliphatic carboxylic acids is 1. The lowest BCUT2D eigenvalue weighted by Gasteiger charge is -2.18. The largest absolute Gasteiger partial charge is 0.481 e. The summed E-state index contributed by atoms with van der Waals surface area (Å²) < 4.78 is 11.1. The van der Waals surface area contributed by atoms with Gasteiger partial charge >= 0.3 is 12.0 Å². The van der Waals surface area contributed by atoms with Crippen molar-refractivity contribution in [1.29, 1.82) is 0 Å². The van der Waals surface area contributed by atoms with E-state index in [1.54, 1.807) is 26.2 Å². The number of hydrogen-bond acceptors (Lipinski definition) is 7. The van der Waals surface area contributed by atoms with Crippen molar-refractivity contribution in [3.63, 3.8) is 0 Å². The molecule has 2 heterocycles. The Labute approximate surface area is 172 Å². The molecular weight excluding hydrogens is 384 g/mol. The molecule has 8 nitrogen and oxygen atoms in total. The number of anilines is 2. The molecule has 0 spiro atoms. The molecule has 0 amide bonds. The maximum Gasteiger partial charge on any atom is 0.316 e. The number of fused-ring (bicyclic) bond motifs is 1. The van der Waals surface area contributed by atoms with Crippen LogP contribution >= 0.6 is 0 Å². The molecule has 2 N–H and O–H groups in total. The monoisotopic (exact) mass is 404 g/mol. The smallest absolute Gasteiger partial charge is 0.316 e. The highest BCUT2D eigenvalue weighted by Crippen LogP contribution is 2.25. The van der Waals surface area contributed by atoms with Crippen molar-refractivity contribution in [2.45, 2.75) is 13.8 Å². The number of carbonyl (C=O) groups is 1. The van der Waals surface area contributed by atoms with Crippen LogP contribution in [0, 0.1) is 5.41 Å². The molecule has 0 aliphatic carbocycles. The van der Waals surface area contributed by atoms with E-state index in [0.29, 0.717) is 6.01 Å². The van der Waals surface area contributed by atoms with Gasteiger partial charge in [-0.25, -0.2) is 9.97 Å². The van der Waals surface area contributed by atoms with Gasteiger partial charge in [-0.15, -0.1) is 0 Å². The number of carboxylic acid groups (broad SMARTS) is 1. The minimum atomic E-state index is -1.01. The Morgan fingerprint density at radius 3 is 2.43 bits per heavy atom. The zero-order valence-corrected chi connectivity index (χ0v) is 16.5. The van der Waals surface area contributed by atoms with Gasteiger partial charge in [0.05, 0.1) is 5.41 Å². The zero-order valence-electron chi connectivity index (χ0n) is 16.5. The SMILES string of the molecule is CC(C)(COc1ncc(-c2ccc(Nc3nc4ccccc4o3)cc2)cn1)C(=O)O. The number of benzene rings is 2. The summed E-state index contributed by atoms with van der Waals surface area (Å²) in [7, 11) is 0. The van der Waals surface area contributed by atoms with Gasteiger partial charge in [0.2, 0.25) is 0 Å². The van der Waals surface area contributed by atoms with Gasteiger partial charge in [-0.05, 0) is 43.7 Å². The van der Waals surface area contributed by atoms with Crippen molar-refractivity contribution in [2.75, 3.05) is 11.9 Å². The van der Waals surface area contributed by atoms with Crippen LogP contribution < -0.4 is 10.1 Å². The number of nitrogens with zero attached hydrogens (tertiary/aromatic N) is 3. The average Bonchev–Trinajstić information content (AvgIpc) is 3.15. The summed E-state index contributed by atoms with van der Waals surface area (Å²) in [6.45, 7) is 3.15. The summed E-state index contributed by atoms with van der Waals surface area (Å²) in [4.78, 5) is 23.9. The molecule has 0 bridgehead atoms. The second kappa shape index (κ2) is 7.82. The second-order valence-electron chi connectivity index (χ2n) is 7.42. The van der Waals surface area contributed by atoms with Gasteiger partial charge < -0.3 is 19.6 Å². The standard InChI is InChI=1S/C22H20N4O4/c1-22(2,19(27)28)13-29-20-23-11-15(12-24-20)14-7-9-16(10-8-14)25-21-26-17-5-3-4-6-18(17)30-21/h3-12H,13H2,1-2H3,(H,25,26)(H,27,28). The molecule has 2 aromatic carbocycles. The number of ether oxygens (including phenoxy) is 1. The maximum atomic E-state index is 11.1. The number of rotatable bonds is 7. The number of para-hydroxylation sites is 2. The van der Waals surface area contributed by atoms with Crippen LogP contribution in [-0.4, -0.2) is 32.6 Å². The predicted octanol–water partition coefficient (Wildman–Crippen LogP) is 4.52. The van der Waals surface area contributed by atoms with Crippen LogP contribution in [0.15, 0.2) is 65.3 Å². The molecule has 8 heteroatoms. The van der Waals surface area contributed by atoms with E-state index in [2.05, 4.69) is 20.3 Å². The minimum absolute atomic E-state index is 0.0160. The Morgan fingerprint density at radius 2 is 1.77 bits per heavy atom. The topological polar surface area (TPSA) is 110 Å². The van der Waals surface area contributed by atoms with Gasteiger partial charge in [-0.2, -0.15) is 4.98 Å². The minimum Gasteiger partial charge on any atom is -0.481 e. The first-order chi connectivity index (χ1) is 14.4. The van der Waals surface area contributed by atoms with Gasteiger partial charge in [0.25, 0.3) is 6.01 Å². The highest BCUT2D eigenvalue weighted by Gasteiger charge is 2.28. The fraction of sp³-hybridized carbons (Fsp3) is 0.182. The molecule has 0 aliphatic rings. The van der Waals surface area contributed by atoms with E-state index in [0.717, 1.165) is 27.9 Å². The summed E-state index contributed by atoms with van der Waals surface area (Å²) >= 11 is 0. The van der Waals surface area contributed by atoms with Crippen LogP contribution in [0.1, 0.15) is 13.8 Å². The molecule has 4 aromatic rings. The Morgan fingerprint density at radius 1 is 1.07 bits per heavy atom. The first-order valence-electron chi connectivity index (χ1n) is 9.32. The van der Waals surface area contributed by atoms with Crippen LogP contribution in [0.2, 0.25) is 0 Å². The molecule has 0 aliphatic heterocycles. The number of oxazole rings is 1. The van der Waals surface area contributed by atoms with E-state index in [4.69, 9.17) is 14.3 Å². The van der Waals surface area contributed by atoms with Crippen LogP contribution in [0.25, 0.3) is 22.2 Å². The fourth-order valence-electron chi connectivity index (χ4n) is 2.64. The molecular formula is C22H20N4O4. The van der Waals surface area contributed by atoms with Crippen molar-refractivity contribution in [1.82, 2.24) is 15.0 Å². The molecule has 0 fully saturated rings. The number of aromatic nitrogens is 3. The number of hydrogen-bond donors (Lipinski definition) is 2. The van der Waals surface area contributed by atoms with Gasteiger partial charge in [-0.3, -0.25) is 4.79 Å². The van der Waals surface area contributed by atoms with Gasteiger partial charge in [-0.1, -0.05) is 24.3 Å². The molecule has 0 saturated heterocycles. The lowest BCUT2D eigenvalue weighted by Crippen LogP contribution is -2.31. The van der Waals surface area contributed by atoms with Crippen LogP contribution in [-0.2, 0) is 4.79 Å². The van der Waals surface area contributed by atoms with Crippen molar-refractivity contribution in [3.8, 4) is 17.1 Å². The molecule has 2 aromatic heterocycles. The van der Waals surface area contributed by atoms with E-state index < -0.39 is 11.4 Å². The van der Waals surface area contributed by atoms with Crippen molar-refractivity contribution >= 4 is 28.8 Å². The summed E-state index contributed by atoms with van der Waals surface area (Å²) in [5, 5.41) is 12.3. The molecule has 152 valence electrons. The Kier molecular flexibility index (Phi) is 5.05. The van der Waals surface area contributed by atoms with Gasteiger partial charge in [0, 0.05) is 23.6 Å². The van der Waals surface area contributed by atoms with E-state index in [-0.39, 0.29) is 12.6 Å². The Hall–Kier alpha value is -3.94. The van der Waals surface area contributed by atoms with Crippen molar-refractivity contribution in [3.05, 3.63) is 60.9 Å². The highest BCUT2D eigenvalue weighted by atomic mass is 16.5. The van der Waals surface area contributed by atoms with Crippen molar-refractivity contribution < 1.29 is 19.1 Å². The Balaban J connectivity index is 1.41. The van der Waals surface area contributed by atoms with E-state index >= 15 is 0 Å². The lowest BCUT2D eigenvalue weighted by molar-refractivity contribution is -0.148. The molecule has 4 rings (SSSR count). The van der Waals surface area contributed by atoms with E-state index in [1.165, 1.54) is 0 Å². The van der Waals surface area contributed by atoms with Crippen molar-refractivity contribution in [2.24, 2.45) is 5.41 Å². The van der Waals surface area contributed by atoms with Crippen LogP contribution in [0.4, 0.5) is 11.7 Å². The third-order valence-corrected chi connectivity index (χ3v) is 4.53. The Bertz CT molecular complexity index is 1130. The average molecular weight is 404 g/mol. The maximum absolute atomic E-state index is 11.1. The van der Waals surface area contributed by atoms with Gasteiger partial charge in [0.1, 0.15) is 12.1 Å². The van der Waals surface area contributed by atoms with E-state index in [9.17, 15) is 4.79 Å². The van der Waals surface area contributed by atoms with Crippen LogP contribution in [0.3, 0.4) is 0 Å². The van der Waals surface area contributed by atoms with E-state index in [1.807, 2.05) is 48.5 Å².